The third-order valence-electron chi connectivity index (χ3n) is 0.985. The van der Waals surface area contributed by atoms with Gasteiger partial charge in [0.2, 0.25) is 0 Å². The van der Waals surface area contributed by atoms with Gasteiger partial charge in [-0.05, 0) is 13.3 Å². The lowest BCUT2D eigenvalue weighted by atomic mass is 10.3. The van der Waals surface area contributed by atoms with Gasteiger partial charge in [-0.15, -0.1) is 6.58 Å². The maximum Gasteiger partial charge on any atom is 0.399 e. The molecule has 1 unspecified atom stereocenters. The molecule has 0 aliphatic heterocycles. The van der Waals surface area contributed by atoms with Crippen molar-refractivity contribution in [1.82, 2.24) is 6.15 Å². The van der Waals surface area contributed by atoms with Gasteiger partial charge in [-0.1, -0.05) is 6.08 Å². The predicted molar refractivity (Wildman–Crippen MR) is 46.3 cm³/mol. The minimum Gasteiger partial charge on any atom is -0.344 e. The second kappa shape index (κ2) is 6.13. The van der Waals surface area contributed by atoms with Crippen molar-refractivity contribution in [3.05, 3.63) is 12.7 Å². The molecule has 0 bridgehead atoms. The van der Waals surface area contributed by atoms with E-state index in [0.717, 1.165) is 7.11 Å². The van der Waals surface area contributed by atoms with Crippen LogP contribution in [0, 0.1) is 0 Å². The van der Waals surface area contributed by atoms with Gasteiger partial charge in [-0.3, -0.25) is 4.18 Å². The Hall–Kier alpha value is -0.430. The van der Waals surface area contributed by atoms with Gasteiger partial charge in [-0.2, -0.15) is 8.42 Å². The summed E-state index contributed by atoms with van der Waals surface area (Å²) in [5.74, 6) is 0. The minimum atomic E-state index is -3.79. The zero-order valence-corrected chi connectivity index (χ0v) is 8.13. The largest absolute Gasteiger partial charge is 0.399 e. The van der Waals surface area contributed by atoms with Gasteiger partial charge in [0.25, 0.3) is 0 Å². The molecule has 0 saturated heterocycles. The summed E-state index contributed by atoms with van der Waals surface area (Å²) in [7, 11) is -2.74. The molecule has 0 fully saturated rings. The minimum absolute atomic E-state index is 0. The molecule has 0 rings (SSSR count). The van der Waals surface area contributed by atoms with Gasteiger partial charge < -0.3 is 6.15 Å². The van der Waals surface area contributed by atoms with Crippen LogP contribution in [0.2, 0.25) is 0 Å². The zero-order chi connectivity index (χ0) is 8.91. The first-order chi connectivity index (χ1) is 5.02. The second-order valence-electron chi connectivity index (χ2n) is 2.01. The van der Waals surface area contributed by atoms with Crippen molar-refractivity contribution < 1.29 is 16.8 Å². The lowest BCUT2D eigenvalue weighted by Gasteiger charge is -2.07. The third-order valence-corrected chi connectivity index (χ3v) is 1.96. The molecule has 0 saturated carbocycles. The Morgan fingerprint density at radius 3 is 2.42 bits per heavy atom. The Labute approximate surface area is 73.3 Å². The van der Waals surface area contributed by atoms with Gasteiger partial charge in [-0.25, -0.2) is 4.18 Å². The summed E-state index contributed by atoms with van der Waals surface area (Å²) in [6.07, 6.45) is 1.63. The van der Waals surface area contributed by atoms with Gasteiger partial charge in [0.15, 0.2) is 0 Å². The van der Waals surface area contributed by atoms with E-state index in [4.69, 9.17) is 0 Å². The average Bonchev–Trinajstić information content (AvgIpc) is 1.87. The Kier molecular flexibility index (Phi) is 7.21. The smallest absolute Gasteiger partial charge is 0.344 e. The van der Waals surface area contributed by atoms with E-state index in [9.17, 15) is 8.42 Å². The van der Waals surface area contributed by atoms with Gasteiger partial charge in [0, 0.05) is 0 Å². The molecule has 0 aliphatic rings. The van der Waals surface area contributed by atoms with E-state index in [1.165, 1.54) is 0 Å². The number of rotatable bonds is 5. The molecule has 0 heterocycles. The molecule has 6 heteroatoms. The Morgan fingerprint density at radius 2 is 2.08 bits per heavy atom. The first-order valence-corrected chi connectivity index (χ1v) is 4.45. The highest BCUT2D eigenvalue weighted by Gasteiger charge is 2.13. The van der Waals surface area contributed by atoms with Crippen LogP contribution in [0.25, 0.3) is 0 Å². The van der Waals surface area contributed by atoms with Crippen molar-refractivity contribution in [1.29, 1.82) is 0 Å². The molecule has 0 amide bonds. The Bertz CT molecular complexity index is 212. The lowest BCUT2D eigenvalue weighted by molar-refractivity contribution is 0.186. The van der Waals surface area contributed by atoms with Crippen molar-refractivity contribution in [2.24, 2.45) is 0 Å². The predicted octanol–water partition coefficient (Wildman–Crippen LogP) is 1.02. The highest BCUT2D eigenvalue weighted by Crippen LogP contribution is 2.03. The molecule has 12 heavy (non-hydrogen) atoms. The van der Waals surface area contributed by atoms with Crippen LogP contribution in [0.5, 0.6) is 0 Å². The van der Waals surface area contributed by atoms with Crippen molar-refractivity contribution in [2.75, 3.05) is 7.11 Å². The fourth-order valence-corrected chi connectivity index (χ4v) is 1.07. The topological polar surface area (TPSA) is 87.6 Å². The molecule has 0 radical (unpaired) electrons. The van der Waals surface area contributed by atoms with Gasteiger partial charge >= 0.3 is 10.4 Å². The van der Waals surface area contributed by atoms with E-state index < -0.39 is 16.5 Å². The molecular weight excluding hydrogens is 182 g/mol. The fraction of sp³-hybridized carbons (Fsp3) is 0.667. The van der Waals surface area contributed by atoms with Crippen LogP contribution in [0.1, 0.15) is 13.3 Å². The highest BCUT2D eigenvalue weighted by molar-refractivity contribution is 7.81. The van der Waals surface area contributed by atoms with Crippen LogP contribution in [0.3, 0.4) is 0 Å². The molecule has 5 nitrogen and oxygen atoms in total. The van der Waals surface area contributed by atoms with E-state index >= 15 is 0 Å². The molecule has 0 aromatic rings. The molecule has 0 spiro atoms. The van der Waals surface area contributed by atoms with Crippen LogP contribution in [-0.4, -0.2) is 21.6 Å². The van der Waals surface area contributed by atoms with Crippen LogP contribution in [-0.2, 0) is 18.8 Å². The molecule has 0 aromatic heterocycles. The Balaban J connectivity index is 0. The summed E-state index contributed by atoms with van der Waals surface area (Å²) in [5.41, 5.74) is 0. The van der Waals surface area contributed by atoms with Crippen LogP contribution >= 0.6 is 0 Å². The van der Waals surface area contributed by atoms with Crippen LogP contribution in [0.4, 0.5) is 0 Å². The molecular formula is C6H15NO4S. The zero-order valence-electron chi connectivity index (χ0n) is 7.32. The Morgan fingerprint density at radius 1 is 1.58 bits per heavy atom. The maximum absolute atomic E-state index is 10.6. The fourth-order valence-electron chi connectivity index (χ4n) is 0.514. The first-order valence-electron chi connectivity index (χ1n) is 3.11. The van der Waals surface area contributed by atoms with Crippen molar-refractivity contribution in [2.45, 2.75) is 19.4 Å². The molecule has 3 N–H and O–H groups in total. The van der Waals surface area contributed by atoms with Crippen molar-refractivity contribution in [3.8, 4) is 0 Å². The summed E-state index contributed by atoms with van der Waals surface area (Å²) in [5, 5.41) is 0. The summed E-state index contributed by atoms with van der Waals surface area (Å²) in [4.78, 5) is 0. The molecule has 0 aromatic carbocycles. The summed E-state index contributed by atoms with van der Waals surface area (Å²) in [6.45, 7) is 5.06. The first kappa shape index (κ1) is 14.1. The monoisotopic (exact) mass is 197 g/mol. The van der Waals surface area contributed by atoms with Gasteiger partial charge in [0.05, 0.1) is 13.2 Å². The number of hydrogen-bond acceptors (Lipinski definition) is 5. The van der Waals surface area contributed by atoms with Crippen LogP contribution < -0.4 is 6.15 Å². The van der Waals surface area contributed by atoms with Gasteiger partial charge in [0.1, 0.15) is 0 Å². The highest BCUT2D eigenvalue weighted by atomic mass is 32.3. The quantitative estimate of drug-likeness (QED) is 0.665. The summed E-state index contributed by atoms with van der Waals surface area (Å²) < 4.78 is 29.8. The lowest BCUT2D eigenvalue weighted by Crippen LogP contribution is -2.15. The van der Waals surface area contributed by atoms with E-state index in [1.54, 1.807) is 13.0 Å². The van der Waals surface area contributed by atoms with E-state index in [-0.39, 0.29) is 6.15 Å². The molecule has 0 aliphatic carbocycles. The molecule has 74 valence electrons. The SMILES string of the molecule is C=CCC(C)OS(=O)(=O)OC.N. The maximum atomic E-state index is 10.6. The number of hydrogen-bond donors (Lipinski definition) is 1. The summed E-state index contributed by atoms with van der Waals surface area (Å²) in [6, 6.07) is 0. The molecule has 1 atom stereocenters. The second-order valence-corrected chi connectivity index (χ2v) is 3.35. The van der Waals surface area contributed by atoms with E-state index in [2.05, 4.69) is 14.9 Å². The third kappa shape index (κ3) is 6.29. The van der Waals surface area contributed by atoms with E-state index in [0.29, 0.717) is 6.42 Å². The van der Waals surface area contributed by atoms with Crippen molar-refractivity contribution in [3.63, 3.8) is 0 Å². The van der Waals surface area contributed by atoms with E-state index in [1.807, 2.05) is 0 Å². The van der Waals surface area contributed by atoms with Crippen LogP contribution in [0.15, 0.2) is 12.7 Å². The summed E-state index contributed by atoms with van der Waals surface area (Å²) >= 11 is 0. The van der Waals surface area contributed by atoms with Crippen molar-refractivity contribution >= 4 is 10.4 Å². The normalized spacial score (nSPS) is 13.2. The standard InChI is InChI=1S/C6H12O4S.H3N/c1-4-5-6(2)10-11(7,8)9-3;/h4,6H,1,5H2,2-3H3;1H3. The average molecular weight is 197 g/mol.